The highest BCUT2D eigenvalue weighted by atomic mass is 16.5. The molecule has 0 spiro atoms. The molecule has 5 rings (SSSR count). The third-order valence-corrected chi connectivity index (χ3v) is 6.16. The number of amidine groups is 1. The number of methoxy groups -OCH3 is 1. The normalized spacial score (nSPS) is 20.9. The number of likely N-dealkylation sites (tertiary alicyclic amines) is 1. The first kappa shape index (κ1) is 24.7. The molecule has 36 heavy (non-hydrogen) atoms. The van der Waals surface area contributed by atoms with Crippen molar-refractivity contribution < 1.29 is 28.3 Å². The molecule has 11 heteroatoms. The Labute approximate surface area is 207 Å². The van der Waals surface area contributed by atoms with Crippen LogP contribution < -0.4 is 15.4 Å². The molecule has 0 saturated carbocycles. The lowest BCUT2D eigenvalue weighted by Gasteiger charge is -2.19. The first-order valence-corrected chi connectivity index (χ1v) is 11.4. The number of hydrogen-bond donors (Lipinski definition) is 3. The standard InChI is InChI=1S/C15H16N4O4.C10H11NO2/c1-8-2-7-12(20)19(8)11(16)6-4-9-3-5-10(23-9)13-14(21)18-15(22)17-13;1-11-6-7-3-4-8(13-2)5-9(7)10(11)12/h3-6,8,13,16H,2,7H2,1H3,(H2,17,18,21,22);3-5H,6H2,1-2H3/b6-4-,16-11?;. The summed E-state index contributed by atoms with van der Waals surface area (Å²) in [6.07, 6.45) is 4.24. The molecule has 0 aliphatic carbocycles. The van der Waals surface area contributed by atoms with Crippen LogP contribution in [0, 0.1) is 5.41 Å². The number of imide groups is 1. The molecule has 4 heterocycles. The summed E-state index contributed by atoms with van der Waals surface area (Å²) in [4.78, 5) is 49.1. The van der Waals surface area contributed by atoms with Crippen LogP contribution in [0.2, 0.25) is 0 Å². The van der Waals surface area contributed by atoms with Crippen LogP contribution in [-0.4, -0.2) is 59.6 Å². The topological polar surface area (TPSA) is 145 Å². The summed E-state index contributed by atoms with van der Waals surface area (Å²) in [6.45, 7) is 2.61. The van der Waals surface area contributed by atoms with Crippen molar-refractivity contribution in [1.82, 2.24) is 20.4 Å². The molecule has 11 nitrogen and oxygen atoms in total. The monoisotopic (exact) mass is 493 g/mol. The van der Waals surface area contributed by atoms with Gasteiger partial charge in [-0.05, 0) is 55.3 Å². The van der Waals surface area contributed by atoms with Crippen LogP contribution >= 0.6 is 0 Å². The van der Waals surface area contributed by atoms with Gasteiger partial charge in [0.1, 0.15) is 23.1 Å². The zero-order valence-corrected chi connectivity index (χ0v) is 20.2. The van der Waals surface area contributed by atoms with E-state index in [1.54, 1.807) is 43.3 Å². The van der Waals surface area contributed by atoms with E-state index in [0.717, 1.165) is 23.3 Å². The maximum Gasteiger partial charge on any atom is 0.322 e. The Bertz CT molecular complexity index is 1270. The lowest BCUT2D eigenvalue weighted by Crippen LogP contribution is -2.35. The number of ether oxygens (including phenoxy) is 1. The average Bonchev–Trinajstić information content (AvgIpc) is 3.60. The van der Waals surface area contributed by atoms with Crippen molar-refractivity contribution in [1.29, 1.82) is 5.41 Å². The van der Waals surface area contributed by atoms with E-state index in [2.05, 4.69) is 10.6 Å². The summed E-state index contributed by atoms with van der Waals surface area (Å²) in [5, 5.41) is 12.6. The number of amides is 5. The predicted octanol–water partition coefficient (Wildman–Crippen LogP) is 2.44. The van der Waals surface area contributed by atoms with Crippen molar-refractivity contribution in [2.75, 3.05) is 14.2 Å². The molecule has 3 aliphatic heterocycles. The first-order chi connectivity index (χ1) is 17.2. The molecule has 188 valence electrons. The SMILES string of the molecule is CC1CCC(=O)N1C(=N)/C=C\c1ccc(C2NC(=O)NC2=O)o1.COc1ccc2c(c1)C(=O)N(C)C2. The smallest absolute Gasteiger partial charge is 0.322 e. The number of benzene rings is 1. The zero-order valence-electron chi connectivity index (χ0n) is 20.2. The number of carbonyl (C=O) groups is 4. The van der Waals surface area contributed by atoms with E-state index >= 15 is 0 Å². The molecule has 2 atom stereocenters. The molecular formula is C25H27N5O6. The zero-order chi connectivity index (χ0) is 26.0. The second-order valence-corrected chi connectivity index (χ2v) is 8.69. The second-order valence-electron chi connectivity index (χ2n) is 8.69. The number of urea groups is 1. The second kappa shape index (κ2) is 10.1. The van der Waals surface area contributed by atoms with Crippen LogP contribution in [0.25, 0.3) is 6.08 Å². The van der Waals surface area contributed by atoms with E-state index in [9.17, 15) is 19.2 Å². The highest BCUT2D eigenvalue weighted by Gasteiger charge is 2.33. The number of nitrogens with one attached hydrogen (secondary N) is 3. The van der Waals surface area contributed by atoms with Gasteiger partial charge in [0.2, 0.25) is 5.91 Å². The molecule has 0 radical (unpaired) electrons. The van der Waals surface area contributed by atoms with Crippen molar-refractivity contribution in [3.8, 4) is 5.75 Å². The van der Waals surface area contributed by atoms with Crippen molar-refractivity contribution in [3.05, 3.63) is 59.1 Å². The summed E-state index contributed by atoms with van der Waals surface area (Å²) in [7, 11) is 3.40. The third-order valence-electron chi connectivity index (χ3n) is 6.16. The maximum absolute atomic E-state index is 11.7. The fourth-order valence-electron chi connectivity index (χ4n) is 4.22. The molecule has 3 aliphatic rings. The number of furan rings is 1. The minimum atomic E-state index is -0.843. The Morgan fingerprint density at radius 2 is 1.97 bits per heavy atom. The molecule has 5 amide bonds. The molecule has 2 fully saturated rings. The van der Waals surface area contributed by atoms with Crippen LogP contribution in [0.5, 0.6) is 5.75 Å². The third kappa shape index (κ3) is 4.99. The Kier molecular flexibility index (Phi) is 6.91. The van der Waals surface area contributed by atoms with E-state index in [4.69, 9.17) is 14.6 Å². The summed E-state index contributed by atoms with van der Waals surface area (Å²) >= 11 is 0. The van der Waals surface area contributed by atoms with Crippen molar-refractivity contribution >= 4 is 35.7 Å². The van der Waals surface area contributed by atoms with Crippen LogP contribution in [0.3, 0.4) is 0 Å². The Balaban J connectivity index is 0.000000197. The predicted molar refractivity (Wildman–Crippen MR) is 129 cm³/mol. The van der Waals surface area contributed by atoms with E-state index in [0.29, 0.717) is 24.5 Å². The minimum absolute atomic E-state index is 0.0178. The van der Waals surface area contributed by atoms with E-state index in [1.165, 1.54) is 11.0 Å². The lowest BCUT2D eigenvalue weighted by atomic mass is 10.1. The fraction of sp³-hybridized carbons (Fsp3) is 0.320. The Morgan fingerprint density at radius 3 is 2.61 bits per heavy atom. The largest absolute Gasteiger partial charge is 0.497 e. The highest BCUT2D eigenvalue weighted by Crippen LogP contribution is 2.25. The number of nitrogens with zero attached hydrogens (tertiary/aromatic N) is 2. The van der Waals surface area contributed by atoms with Gasteiger partial charge >= 0.3 is 6.03 Å². The van der Waals surface area contributed by atoms with E-state index in [-0.39, 0.29) is 23.7 Å². The molecule has 1 aromatic carbocycles. The summed E-state index contributed by atoms with van der Waals surface area (Å²) in [6, 6.07) is 7.45. The van der Waals surface area contributed by atoms with Crippen LogP contribution in [0.4, 0.5) is 4.79 Å². The molecule has 2 saturated heterocycles. The van der Waals surface area contributed by atoms with Gasteiger partial charge in [-0.1, -0.05) is 6.07 Å². The Hall–Kier alpha value is -4.41. The lowest BCUT2D eigenvalue weighted by molar-refractivity contribution is -0.125. The van der Waals surface area contributed by atoms with Gasteiger partial charge in [0, 0.05) is 31.6 Å². The molecular weight excluding hydrogens is 466 g/mol. The Morgan fingerprint density at radius 1 is 1.19 bits per heavy atom. The molecule has 1 aromatic heterocycles. The number of fused-ring (bicyclic) bond motifs is 1. The van der Waals surface area contributed by atoms with Crippen LogP contribution in [0.1, 0.15) is 53.2 Å². The maximum atomic E-state index is 11.7. The van der Waals surface area contributed by atoms with Gasteiger partial charge in [0.05, 0.1) is 7.11 Å². The van der Waals surface area contributed by atoms with E-state index < -0.39 is 18.0 Å². The number of hydrogen-bond acceptors (Lipinski definition) is 7. The van der Waals surface area contributed by atoms with Crippen molar-refractivity contribution in [2.45, 2.75) is 38.4 Å². The number of rotatable bonds is 4. The minimum Gasteiger partial charge on any atom is -0.497 e. The van der Waals surface area contributed by atoms with Gasteiger partial charge in [-0.2, -0.15) is 0 Å². The van der Waals surface area contributed by atoms with Gasteiger partial charge in [0.15, 0.2) is 6.04 Å². The molecule has 2 unspecified atom stereocenters. The van der Waals surface area contributed by atoms with Gasteiger partial charge in [0.25, 0.3) is 11.8 Å². The van der Waals surface area contributed by atoms with Gasteiger partial charge in [-0.25, -0.2) is 4.79 Å². The summed E-state index contributed by atoms with van der Waals surface area (Å²) < 4.78 is 10.5. The van der Waals surface area contributed by atoms with Crippen molar-refractivity contribution in [2.24, 2.45) is 0 Å². The number of carbonyl (C=O) groups excluding carboxylic acids is 4. The van der Waals surface area contributed by atoms with E-state index in [1.807, 2.05) is 19.1 Å². The highest BCUT2D eigenvalue weighted by molar-refractivity contribution is 6.06. The van der Waals surface area contributed by atoms with Crippen LogP contribution in [0.15, 0.2) is 40.8 Å². The van der Waals surface area contributed by atoms with Crippen LogP contribution in [-0.2, 0) is 16.1 Å². The average molecular weight is 494 g/mol. The van der Waals surface area contributed by atoms with Gasteiger partial charge in [-0.15, -0.1) is 0 Å². The van der Waals surface area contributed by atoms with Gasteiger partial charge in [-0.3, -0.25) is 30.0 Å². The first-order valence-electron chi connectivity index (χ1n) is 11.4. The molecule has 0 bridgehead atoms. The van der Waals surface area contributed by atoms with Crippen molar-refractivity contribution in [3.63, 3.8) is 0 Å². The summed E-state index contributed by atoms with van der Waals surface area (Å²) in [5.41, 5.74) is 1.84. The fourth-order valence-corrected chi connectivity index (χ4v) is 4.22. The molecule has 3 N–H and O–H groups in total. The summed E-state index contributed by atoms with van der Waals surface area (Å²) in [5.74, 6) is 1.13. The van der Waals surface area contributed by atoms with Gasteiger partial charge < -0.3 is 19.4 Å². The quantitative estimate of drug-likeness (QED) is 0.339. The molecule has 2 aromatic rings.